The van der Waals surface area contributed by atoms with Crippen molar-refractivity contribution in [3.8, 4) is 0 Å². The fourth-order valence-corrected chi connectivity index (χ4v) is 2.48. The highest BCUT2D eigenvalue weighted by molar-refractivity contribution is 14.1. The fraction of sp³-hybridized carbons (Fsp3) is 0.364. The molecule has 1 unspecified atom stereocenters. The first-order chi connectivity index (χ1) is 8.18. The molecule has 0 aromatic carbocycles. The molecule has 0 radical (unpaired) electrons. The Hall–Kier alpha value is -0.0900. The van der Waals surface area contributed by atoms with Gasteiger partial charge in [-0.2, -0.15) is 0 Å². The van der Waals surface area contributed by atoms with Crippen LogP contribution in [0.1, 0.15) is 18.7 Å². The Morgan fingerprint density at radius 1 is 1.53 bits per heavy atom. The van der Waals surface area contributed by atoms with Gasteiger partial charge in [0.05, 0.1) is 18.6 Å². The zero-order valence-corrected chi connectivity index (χ0v) is 13.7. The van der Waals surface area contributed by atoms with Crippen molar-refractivity contribution in [3.05, 3.63) is 37.9 Å². The molecule has 0 fully saturated rings. The number of nitrogens with one attached hydrogen (secondary N) is 1. The number of aromatic nitrogens is 2. The Kier molecular flexibility index (Phi) is 4.86. The van der Waals surface area contributed by atoms with Crippen LogP contribution < -0.4 is 5.32 Å². The predicted molar refractivity (Wildman–Crippen MR) is 82.8 cm³/mol. The lowest BCUT2D eigenvalue weighted by Crippen LogP contribution is -2.23. The maximum atomic E-state index is 5.34. The van der Waals surface area contributed by atoms with Crippen LogP contribution in [0.5, 0.6) is 0 Å². The SMILES string of the molecule is CC(NCCn1cnc(I)c1I)c1ccco1. The predicted octanol–water partition coefficient (Wildman–Crippen LogP) is 3.04. The fourth-order valence-electron chi connectivity index (χ4n) is 1.54. The van der Waals surface area contributed by atoms with Crippen LogP contribution in [0.2, 0.25) is 0 Å². The average Bonchev–Trinajstić information content (AvgIpc) is 2.93. The minimum Gasteiger partial charge on any atom is -0.468 e. The summed E-state index contributed by atoms with van der Waals surface area (Å²) in [6.45, 7) is 3.91. The largest absolute Gasteiger partial charge is 0.468 e. The van der Waals surface area contributed by atoms with Crippen molar-refractivity contribution >= 4 is 45.2 Å². The molecule has 6 heteroatoms. The minimum atomic E-state index is 0.241. The van der Waals surface area contributed by atoms with E-state index in [1.54, 1.807) is 6.26 Å². The number of hydrogen-bond acceptors (Lipinski definition) is 3. The van der Waals surface area contributed by atoms with Crippen LogP contribution in [-0.2, 0) is 6.54 Å². The van der Waals surface area contributed by atoms with Crippen LogP contribution in [0.25, 0.3) is 0 Å². The molecule has 17 heavy (non-hydrogen) atoms. The van der Waals surface area contributed by atoms with Crippen LogP contribution in [0, 0.1) is 7.40 Å². The Bertz CT molecular complexity index is 467. The van der Waals surface area contributed by atoms with Gasteiger partial charge in [0.1, 0.15) is 13.2 Å². The van der Waals surface area contributed by atoms with Crippen molar-refractivity contribution in [2.75, 3.05) is 6.54 Å². The van der Waals surface area contributed by atoms with E-state index < -0.39 is 0 Å². The van der Waals surface area contributed by atoms with Gasteiger partial charge < -0.3 is 14.3 Å². The summed E-state index contributed by atoms with van der Waals surface area (Å²) in [7, 11) is 0. The third-order valence-corrected chi connectivity index (χ3v) is 5.46. The number of imidazole rings is 1. The first-order valence-electron chi connectivity index (χ1n) is 5.31. The van der Waals surface area contributed by atoms with Crippen molar-refractivity contribution in [3.63, 3.8) is 0 Å². The van der Waals surface area contributed by atoms with Crippen molar-refractivity contribution in [1.29, 1.82) is 0 Å². The molecule has 2 aromatic heterocycles. The molecule has 0 bridgehead atoms. The molecule has 0 saturated carbocycles. The van der Waals surface area contributed by atoms with Gasteiger partial charge in [-0.1, -0.05) is 0 Å². The second-order valence-corrected chi connectivity index (χ2v) is 5.75. The van der Waals surface area contributed by atoms with Gasteiger partial charge in [-0.25, -0.2) is 4.98 Å². The lowest BCUT2D eigenvalue weighted by molar-refractivity contribution is 0.423. The third kappa shape index (κ3) is 3.44. The molecule has 92 valence electrons. The van der Waals surface area contributed by atoms with E-state index in [4.69, 9.17) is 4.42 Å². The molecule has 1 atom stereocenters. The smallest absolute Gasteiger partial charge is 0.132 e. The number of furan rings is 1. The lowest BCUT2D eigenvalue weighted by atomic mass is 10.2. The van der Waals surface area contributed by atoms with Crippen LogP contribution in [0.3, 0.4) is 0 Å². The Balaban J connectivity index is 1.82. The molecule has 1 N–H and O–H groups in total. The maximum absolute atomic E-state index is 5.34. The molecular weight excluding hydrogens is 444 g/mol. The van der Waals surface area contributed by atoms with E-state index in [9.17, 15) is 0 Å². The molecule has 2 aromatic rings. The summed E-state index contributed by atoms with van der Waals surface area (Å²) in [5, 5.41) is 3.42. The first kappa shape index (κ1) is 13.3. The maximum Gasteiger partial charge on any atom is 0.132 e. The third-order valence-electron chi connectivity index (χ3n) is 2.51. The molecule has 2 rings (SSSR count). The Morgan fingerprint density at radius 3 is 2.94 bits per heavy atom. The van der Waals surface area contributed by atoms with Gasteiger partial charge in [-0.15, -0.1) is 0 Å². The zero-order chi connectivity index (χ0) is 12.3. The van der Waals surface area contributed by atoms with Crippen LogP contribution >= 0.6 is 45.2 Å². The summed E-state index contributed by atoms with van der Waals surface area (Å²) in [6, 6.07) is 4.14. The normalized spacial score (nSPS) is 12.9. The van der Waals surface area contributed by atoms with Gasteiger partial charge in [0.15, 0.2) is 0 Å². The Morgan fingerprint density at radius 2 is 2.35 bits per heavy atom. The summed E-state index contributed by atoms with van der Waals surface area (Å²) in [4.78, 5) is 4.26. The monoisotopic (exact) mass is 457 g/mol. The van der Waals surface area contributed by atoms with Gasteiger partial charge >= 0.3 is 0 Å². The van der Waals surface area contributed by atoms with Gasteiger partial charge in [0.25, 0.3) is 0 Å². The Labute approximate surface area is 127 Å². The minimum absolute atomic E-state index is 0.241. The highest BCUT2D eigenvalue weighted by Gasteiger charge is 2.08. The quantitative estimate of drug-likeness (QED) is 0.703. The summed E-state index contributed by atoms with van der Waals surface area (Å²) >= 11 is 4.56. The molecule has 0 aliphatic carbocycles. The van der Waals surface area contributed by atoms with Gasteiger partial charge in [0, 0.05) is 13.1 Å². The van der Waals surface area contributed by atoms with E-state index in [0.29, 0.717) is 0 Å². The van der Waals surface area contributed by atoms with Gasteiger partial charge in [0.2, 0.25) is 0 Å². The van der Waals surface area contributed by atoms with Crippen LogP contribution in [0.15, 0.2) is 29.1 Å². The van der Waals surface area contributed by atoms with Crippen molar-refractivity contribution in [2.45, 2.75) is 19.5 Å². The second kappa shape index (κ2) is 6.19. The highest BCUT2D eigenvalue weighted by Crippen LogP contribution is 2.14. The number of halogens is 2. The molecular formula is C11H13I2N3O. The lowest BCUT2D eigenvalue weighted by Gasteiger charge is -2.11. The molecule has 2 heterocycles. The topological polar surface area (TPSA) is 43.0 Å². The number of rotatable bonds is 5. The van der Waals surface area contributed by atoms with E-state index in [-0.39, 0.29) is 6.04 Å². The van der Waals surface area contributed by atoms with Gasteiger partial charge in [-0.05, 0) is 64.2 Å². The van der Waals surface area contributed by atoms with E-state index in [0.717, 1.165) is 22.6 Å². The standard InChI is InChI=1S/C11H13I2N3O/c1-8(9-3-2-6-17-9)14-4-5-16-7-15-10(12)11(16)13/h2-3,6-8,14H,4-5H2,1H3. The van der Waals surface area contributed by atoms with E-state index in [2.05, 4.69) is 67.0 Å². The van der Waals surface area contributed by atoms with Crippen LogP contribution in [-0.4, -0.2) is 16.1 Å². The van der Waals surface area contributed by atoms with Crippen molar-refractivity contribution < 1.29 is 4.42 Å². The number of hydrogen-bond donors (Lipinski definition) is 1. The molecule has 4 nitrogen and oxygen atoms in total. The van der Waals surface area contributed by atoms with Crippen LogP contribution in [0.4, 0.5) is 0 Å². The summed E-state index contributed by atoms with van der Waals surface area (Å²) in [6.07, 6.45) is 3.58. The van der Waals surface area contributed by atoms with Crippen molar-refractivity contribution in [2.24, 2.45) is 0 Å². The van der Waals surface area contributed by atoms with E-state index in [1.165, 1.54) is 3.70 Å². The first-order valence-corrected chi connectivity index (χ1v) is 7.47. The van der Waals surface area contributed by atoms with E-state index >= 15 is 0 Å². The van der Waals surface area contributed by atoms with E-state index in [1.807, 2.05) is 18.5 Å². The zero-order valence-electron chi connectivity index (χ0n) is 9.36. The molecule has 0 spiro atoms. The molecule has 0 aliphatic heterocycles. The molecule has 0 saturated heterocycles. The average molecular weight is 457 g/mol. The van der Waals surface area contributed by atoms with Gasteiger partial charge in [-0.3, -0.25) is 0 Å². The molecule has 0 aliphatic rings. The highest BCUT2D eigenvalue weighted by atomic mass is 127. The summed E-state index contributed by atoms with van der Waals surface area (Å²) < 4.78 is 9.73. The summed E-state index contributed by atoms with van der Waals surface area (Å²) in [5.74, 6) is 0.972. The van der Waals surface area contributed by atoms with Crippen molar-refractivity contribution in [1.82, 2.24) is 14.9 Å². The second-order valence-electron chi connectivity index (χ2n) is 3.71. The summed E-state index contributed by atoms with van der Waals surface area (Å²) in [5.41, 5.74) is 0. The molecule has 0 amide bonds. The number of nitrogens with zero attached hydrogens (tertiary/aromatic N) is 2.